The Hall–Kier alpha value is -3.29. The van der Waals surface area contributed by atoms with Crippen molar-refractivity contribution in [1.29, 1.82) is 5.41 Å². The zero-order valence-corrected chi connectivity index (χ0v) is 19.2. The number of aliphatic hydroxyl groups excluding tert-OH is 1. The summed E-state index contributed by atoms with van der Waals surface area (Å²) in [4.78, 5) is 16.5. The fourth-order valence-electron chi connectivity index (χ4n) is 4.75. The average Bonchev–Trinajstić information content (AvgIpc) is 3.16. The van der Waals surface area contributed by atoms with Crippen LogP contribution < -0.4 is 4.74 Å². The van der Waals surface area contributed by atoms with E-state index in [2.05, 4.69) is 4.98 Å². The molecule has 4 rings (SSSR count). The van der Waals surface area contributed by atoms with Gasteiger partial charge in [0.1, 0.15) is 24.8 Å². The molecule has 1 amide bonds. The van der Waals surface area contributed by atoms with E-state index >= 15 is 0 Å². The van der Waals surface area contributed by atoms with Crippen molar-refractivity contribution in [3.8, 4) is 5.75 Å². The first-order valence-corrected chi connectivity index (χ1v) is 11.9. The van der Waals surface area contributed by atoms with Crippen LogP contribution in [0.2, 0.25) is 0 Å². The van der Waals surface area contributed by atoms with Gasteiger partial charge < -0.3 is 9.84 Å². The smallest absolute Gasteiger partial charge is 0.277 e. The lowest BCUT2D eigenvalue weighted by atomic mass is 9.80. The summed E-state index contributed by atoms with van der Waals surface area (Å²) in [6.45, 7) is -0.507. The number of amidine groups is 1. The number of rotatable bonds is 7. The Bertz CT molecular complexity index is 1120. The summed E-state index contributed by atoms with van der Waals surface area (Å²) in [5.41, 5.74) is 2.60. The molecule has 1 heterocycles. The summed E-state index contributed by atoms with van der Waals surface area (Å²) in [5, 5.41) is 29.3. The summed E-state index contributed by atoms with van der Waals surface area (Å²) < 4.78 is 5.94. The Morgan fingerprint density at radius 1 is 1.03 bits per heavy atom. The summed E-state index contributed by atoms with van der Waals surface area (Å²) >= 11 is 0. The van der Waals surface area contributed by atoms with E-state index in [1.165, 1.54) is 0 Å². The number of ether oxygens (including phenoxy) is 1. The van der Waals surface area contributed by atoms with Gasteiger partial charge in [0.05, 0.1) is 11.2 Å². The number of carbonyl (C=O) groups excluding carboxylic acids is 1. The number of aliphatic hydroxyl groups is 1. The fraction of sp³-hybridized carbons (Fsp3) is 0.370. The second kappa shape index (κ2) is 11.2. The Morgan fingerprint density at radius 3 is 2.44 bits per heavy atom. The number of amides is 1. The Balaban J connectivity index is 1.50. The van der Waals surface area contributed by atoms with E-state index in [0.717, 1.165) is 60.7 Å². The van der Waals surface area contributed by atoms with Gasteiger partial charge in [-0.2, -0.15) is 5.06 Å². The van der Waals surface area contributed by atoms with Crippen molar-refractivity contribution in [2.24, 2.45) is 5.92 Å². The summed E-state index contributed by atoms with van der Waals surface area (Å²) in [6, 6.07) is 19.4. The van der Waals surface area contributed by atoms with Gasteiger partial charge in [-0.25, -0.2) is 4.98 Å². The highest BCUT2D eigenvalue weighted by molar-refractivity contribution is 5.99. The van der Waals surface area contributed by atoms with E-state index in [1.54, 1.807) is 0 Å². The third-order valence-electron chi connectivity index (χ3n) is 6.55. The van der Waals surface area contributed by atoms with E-state index in [1.807, 2.05) is 60.7 Å². The molecule has 1 aliphatic rings. The average molecular weight is 462 g/mol. The number of para-hydroxylation sites is 1. The van der Waals surface area contributed by atoms with Crippen molar-refractivity contribution < 1.29 is 19.8 Å². The lowest BCUT2D eigenvalue weighted by Gasteiger charge is -2.30. The predicted molar refractivity (Wildman–Crippen MR) is 130 cm³/mol. The molecule has 178 valence electrons. The van der Waals surface area contributed by atoms with E-state index in [9.17, 15) is 10.0 Å². The number of hydrogen-bond donors (Lipinski definition) is 3. The number of pyridine rings is 1. The number of nitrogens with one attached hydrogen (secondary N) is 1. The van der Waals surface area contributed by atoms with Crippen LogP contribution in [0.5, 0.6) is 5.75 Å². The number of carbonyl (C=O) groups is 1. The number of hydroxylamine groups is 2. The maximum atomic E-state index is 11.9. The van der Waals surface area contributed by atoms with Crippen LogP contribution in [0.3, 0.4) is 0 Å². The van der Waals surface area contributed by atoms with Gasteiger partial charge in [0.2, 0.25) is 0 Å². The normalized spacial score (nSPS) is 15.5. The van der Waals surface area contributed by atoms with Crippen LogP contribution >= 0.6 is 0 Å². The maximum absolute atomic E-state index is 11.9. The van der Waals surface area contributed by atoms with Crippen LogP contribution in [0.15, 0.2) is 60.7 Å². The summed E-state index contributed by atoms with van der Waals surface area (Å²) in [6.07, 6.45) is 6.30. The minimum absolute atomic E-state index is 0.143. The van der Waals surface area contributed by atoms with Crippen LogP contribution in [0.25, 0.3) is 10.9 Å². The van der Waals surface area contributed by atoms with Gasteiger partial charge in [0, 0.05) is 11.3 Å². The SMILES string of the molecule is N=C(C(c1ccc(OCc2ccc3ccccc3n2)cc1)C1CCCCCC1)N(O)C(=O)CO. The van der Waals surface area contributed by atoms with Crippen LogP contribution in [-0.2, 0) is 11.4 Å². The molecule has 0 radical (unpaired) electrons. The van der Waals surface area contributed by atoms with E-state index in [0.29, 0.717) is 17.4 Å². The van der Waals surface area contributed by atoms with Gasteiger partial charge in [-0.3, -0.25) is 15.4 Å². The zero-order valence-electron chi connectivity index (χ0n) is 19.2. The van der Waals surface area contributed by atoms with Crippen molar-refractivity contribution in [1.82, 2.24) is 10.0 Å². The molecule has 3 N–H and O–H groups in total. The minimum Gasteiger partial charge on any atom is -0.487 e. The van der Waals surface area contributed by atoms with Crippen LogP contribution in [0.1, 0.15) is 55.7 Å². The molecule has 0 aliphatic heterocycles. The van der Waals surface area contributed by atoms with E-state index < -0.39 is 18.4 Å². The lowest BCUT2D eigenvalue weighted by molar-refractivity contribution is -0.153. The molecule has 0 spiro atoms. The molecule has 1 atom stereocenters. The zero-order chi connectivity index (χ0) is 23.9. The highest BCUT2D eigenvalue weighted by Crippen LogP contribution is 2.37. The maximum Gasteiger partial charge on any atom is 0.277 e. The van der Waals surface area contributed by atoms with Gasteiger partial charge in [-0.15, -0.1) is 0 Å². The predicted octanol–water partition coefficient (Wildman–Crippen LogP) is 5.06. The third-order valence-corrected chi connectivity index (χ3v) is 6.55. The first-order chi connectivity index (χ1) is 16.6. The summed E-state index contributed by atoms with van der Waals surface area (Å²) in [5.74, 6) is -0.705. The van der Waals surface area contributed by atoms with E-state index in [-0.39, 0.29) is 11.8 Å². The molecule has 1 aromatic heterocycles. The first-order valence-electron chi connectivity index (χ1n) is 11.9. The molecule has 34 heavy (non-hydrogen) atoms. The number of nitrogens with zero attached hydrogens (tertiary/aromatic N) is 2. The van der Waals surface area contributed by atoms with Crippen molar-refractivity contribution in [3.05, 3.63) is 71.9 Å². The van der Waals surface area contributed by atoms with Gasteiger partial charge in [0.25, 0.3) is 5.91 Å². The molecule has 3 aromatic rings. The first kappa shape index (κ1) is 23.9. The number of fused-ring (bicyclic) bond motifs is 1. The quantitative estimate of drug-likeness (QED) is 0.150. The third kappa shape index (κ3) is 5.61. The largest absolute Gasteiger partial charge is 0.487 e. The van der Waals surface area contributed by atoms with Crippen molar-refractivity contribution in [2.45, 2.75) is 51.0 Å². The molecular formula is C27H31N3O4. The van der Waals surface area contributed by atoms with Crippen LogP contribution in [0, 0.1) is 11.3 Å². The van der Waals surface area contributed by atoms with Crippen molar-refractivity contribution >= 4 is 22.6 Å². The highest BCUT2D eigenvalue weighted by atomic mass is 16.5. The molecule has 7 heteroatoms. The van der Waals surface area contributed by atoms with Crippen LogP contribution in [0.4, 0.5) is 0 Å². The van der Waals surface area contributed by atoms with E-state index in [4.69, 9.17) is 15.3 Å². The number of hydrogen-bond acceptors (Lipinski definition) is 6. The molecule has 1 saturated carbocycles. The van der Waals surface area contributed by atoms with Gasteiger partial charge in [0.15, 0.2) is 0 Å². The minimum atomic E-state index is -0.897. The molecular weight excluding hydrogens is 430 g/mol. The lowest BCUT2D eigenvalue weighted by Crippen LogP contribution is -2.40. The summed E-state index contributed by atoms with van der Waals surface area (Å²) in [7, 11) is 0. The topological polar surface area (TPSA) is 107 Å². The molecule has 1 unspecified atom stereocenters. The van der Waals surface area contributed by atoms with Gasteiger partial charge >= 0.3 is 0 Å². The monoisotopic (exact) mass is 461 g/mol. The number of benzene rings is 2. The Labute approximate surface area is 199 Å². The molecule has 2 aromatic carbocycles. The molecule has 7 nitrogen and oxygen atoms in total. The fourth-order valence-corrected chi connectivity index (χ4v) is 4.75. The standard InChI is InChI=1S/C27H31N3O4/c28-27(30(33)25(32)17-31)26(20-8-3-1-2-4-9-20)21-12-15-23(16-13-21)34-18-22-14-11-19-7-5-6-10-24(19)29-22/h5-7,10-16,20,26,28,31,33H,1-4,8-9,17-18H2. The highest BCUT2D eigenvalue weighted by Gasteiger charge is 2.32. The Morgan fingerprint density at radius 2 is 1.74 bits per heavy atom. The molecule has 0 bridgehead atoms. The second-order valence-electron chi connectivity index (χ2n) is 8.83. The molecule has 0 saturated heterocycles. The van der Waals surface area contributed by atoms with Crippen LogP contribution in [-0.4, -0.2) is 38.7 Å². The molecule has 1 aliphatic carbocycles. The van der Waals surface area contributed by atoms with Crippen molar-refractivity contribution in [3.63, 3.8) is 0 Å². The molecule has 1 fully saturated rings. The Kier molecular flexibility index (Phi) is 7.87. The number of aromatic nitrogens is 1. The van der Waals surface area contributed by atoms with Gasteiger partial charge in [-0.1, -0.05) is 62.1 Å². The van der Waals surface area contributed by atoms with Crippen molar-refractivity contribution in [2.75, 3.05) is 6.61 Å². The second-order valence-corrected chi connectivity index (χ2v) is 8.83. The van der Waals surface area contributed by atoms with Gasteiger partial charge in [-0.05, 0) is 48.6 Å².